The highest BCUT2D eigenvalue weighted by molar-refractivity contribution is 6.34. The molecule has 9 nitrogen and oxygen atoms in total. The Morgan fingerprint density at radius 1 is 1.17 bits per heavy atom. The minimum Gasteiger partial charge on any atom is -0.489 e. The monoisotopic (exact) mass is 591 g/mol. The summed E-state index contributed by atoms with van der Waals surface area (Å²) in [7, 11) is 0. The van der Waals surface area contributed by atoms with Crippen molar-refractivity contribution in [2.75, 3.05) is 0 Å². The van der Waals surface area contributed by atoms with Gasteiger partial charge >= 0.3 is 5.97 Å². The van der Waals surface area contributed by atoms with Crippen molar-refractivity contribution in [2.24, 2.45) is 5.92 Å². The van der Waals surface area contributed by atoms with Crippen molar-refractivity contribution in [3.8, 4) is 29.1 Å². The number of nitriles is 1. The molecule has 41 heavy (non-hydrogen) atoms. The molecule has 2 aromatic heterocycles. The van der Waals surface area contributed by atoms with Gasteiger partial charge in [-0.3, -0.25) is 4.79 Å². The minimum atomic E-state index is -0.760. The van der Waals surface area contributed by atoms with Gasteiger partial charge in [-0.1, -0.05) is 29.3 Å². The molecule has 0 aliphatic heterocycles. The van der Waals surface area contributed by atoms with E-state index < -0.39 is 5.97 Å². The number of hydrogen-bond donors (Lipinski definition) is 1. The van der Waals surface area contributed by atoms with E-state index in [1.165, 1.54) is 6.33 Å². The fourth-order valence-corrected chi connectivity index (χ4v) is 5.66. The Kier molecular flexibility index (Phi) is 7.22. The van der Waals surface area contributed by atoms with E-state index in [2.05, 4.69) is 16.0 Å². The number of fused-ring (bicyclic) bond motifs is 1. The molecule has 0 radical (unpaired) electrons. The quantitative estimate of drug-likeness (QED) is 0.241. The second-order valence-corrected chi connectivity index (χ2v) is 11.7. The zero-order chi connectivity index (χ0) is 28.7. The van der Waals surface area contributed by atoms with Gasteiger partial charge in [-0.25, -0.2) is 9.97 Å². The van der Waals surface area contributed by atoms with E-state index in [-0.39, 0.29) is 24.2 Å². The van der Waals surface area contributed by atoms with E-state index in [1.807, 2.05) is 23.6 Å². The van der Waals surface area contributed by atoms with Gasteiger partial charge in [0.2, 0.25) is 5.88 Å². The summed E-state index contributed by atoms with van der Waals surface area (Å²) in [5, 5.41) is 20.0. The number of hydrogen-bond acceptors (Lipinski definition) is 7. The first-order chi connectivity index (χ1) is 19.7. The fraction of sp³-hybridized carbons (Fsp3) is 0.367. The summed E-state index contributed by atoms with van der Waals surface area (Å²) in [6, 6.07) is 12.9. The summed E-state index contributed by atoms with van der Waals surface area (Å²) in [6.45, 7) is 2.29. The van der Waals surface area contributed by atoms with E-state index in [0.29, 0.717) is 81.0 Å². The molecule has 1 N–H and O–H groups in total. The van der Waals surface area contributed by atoms with Crippen molar-refractivity contribution in [1.29, 1.82) is 5.26 Å². The number of carboxylic acid groups (broad SMARTS) is 1. The number of ether oxygens (including phenoxy) is 2. The molecular formula is C30H27Cl2N5O4. The predicted octanol–water partition coefficient (Wildman–Crippen LogP) is 6.67. The molecule has 2 heterocycles. The van der Waals surface area contributed by atoms with Crippen molar-refractivity contribution in [1.82, 2.24) is 19.5 Å². The fourth-order valence-electron chi connectivity index (χ4n) is 5.21. The molecule has 0 spiro atoms. The van der Waals surface area contributed by atoms with Crippen molar-refractivity contribution in [2.45, 2.75) is 63.7 Å². The molecule has 0 unspecified atom stereocenters. The highest BCUT2D eigenvalue weighted by Crippen LogP contribution is 2.42. The average molecular weight is 592 g/mol. The highest BCUT2D eigenvalue weighted by Gasteiger charge is 2.41. The van der Waals surface area contributed by atoms with Gasteiger partial charge in [0.25, 0.3) is 0 Å². The topological polar surface area (TPSA) is 123 Å². The Bertz CT molecular complexity index is 1690. The number of aromatic nitrogens is 4. The van der Waals surface area contributed by atoms with Crippen LogP contribution in [0.3, 0.4) is 0 Å². The highest BCUT2D eigenvalue weighted by atomic mass is 35.5. The van der Waals surface area contributed by atoms with Crippen LogP contribution in [0.4, 0.5) is 0 Å². The van der Waals surface area contributed by atoms with Gasteiger partial charge in [0.15, 0.2) is 11.2 Å². The second kappa shape index (κ2) is 10.8. The van der Waals surface area contributed by atoms with Crippen LogP contribution in [0, 0.1) is 17.2 Å². The number of rotatable bonds is 8. The van der Waals surface area contributed by atoms with Crippen molar-refractivity contribution in [3.63, 3.8) is 0 Å². The molecule has 2 aromatic carbocycles. The number of halogens is 2. The minimum absolute atomic E-state index is 0.132. The summed E-state index contributed by atoms with van der Waals surface area (Å²) >= 11 is 13.3. The van der Waals surface area contributed by atoms with Crippen LogP contribution in [0.2, 0.25) is 10.0 Å². The van der Waals surface area contributed by atoms with Gasteiger partial charge < -0.3 is 19.1 Å². The molecule has 2 saturated carbocycles. The Hall–Kier alpha value is -3.87. The maximum atomic E-state index is 11.4. The maximum Gasteiger partial charge on any atom is 0.306 e. The average Bonchev–Trinajstić information content (AvgIpc) is 3.57. The van der Waals surface area contributed by atoms with E-state index in [0.717, 1.165) is 12.8 Å². The smallest absolute Gasteiger partial charge is 0.306 e. The Labute approximate surface area is 246 Å². The standard InChI is InChI=1S/C30H27Cl2N5O4/c1-30(11-12-30)41-28-25-27(34-16-35-28)37(15-19-13-20(31)8-5-18(19)14-33)26(36-25)22-3-2-4-23(24(22)32)40-21-9-6-17(7-10-21)29(38)39/h2-5,8,13,16-17,21H,6-7,9-12,15H2,1H3,(H,38,39). The zero-order valence-corrected chi connectivity index (χ0v) is 23.8. The van der Waals surface area contributed by atoms with E-state index >= 15 is 0 Å². The summed E-state index contributed by atoms with van der Waals surface area (Å²) in [4.78, 5) is 25.2. The Morgan fingerprint density at radius 2 is 1.95 bits per heavy atom. The van der Waals surface area contributed by atoms with Crippen LogP contribution in [-0.2, 0) is 11.3 Å². The van der Waals surface area contributed by atoms with E-state index in [9.17, 15) is 15.2 Å². The van der Waals surface area contributed by atoms with Gasteiger partial charge in [-0.2, -0.15) is 10.2 Å². The van der Waals surface area contributed by atoms with Crippen LogP contribution in [0.15, 0.2) is 42.7 Å². The molecule has 0 atom stereocenters. The third-order valence-electron chi connectivity index (χ3n) is 7.83. The molecule has 0 bridgehead atoms. The van der Waals surface area contributed by atoms with Gasteiger partial charge in [0.05, 0.1) is 35.2 Å². The number of imidazole rings is 1. The van der Waals surface area contributed by atoms with Crippen molar-refractivity contribution < 1.29 is 19.4 Å². The predicted molar refractivity (Wildman–Crippen MR) is 153 cm³/mol. The van der Waals surface area contributed by atoms with Crippen LogP contribution in [0.25, 0.3) is 22.6 Å². The SMILES string of the molecule is CC1(Oc2ncnc3c2nc(-c2cccc(OC4CCC(C(=O)O)CC4)c2Cl)n3Cc2cc(Cl)ccc2C#N)CC1. The van der Waals surface area contributed by atoms with Gasteiger partial charge in [-0.05, 0) is 81.3 Å². The van der Waals surface area contributed by atoms with E-state index in [4.69, 9.17) is 37.7 Å². The zero-order valence-electron chi connectivity index (χ0n) is 22.3. The lowest BCUT2D eigenvalue weighted by Gasteiger charge is -2.27. The largest absolute Gasteiger partial charge is 0.489 e. The number of carbonyl (C=O) groups is 1. The van der Waals surface area contributed by atoms with Crippen molar-refractivity contribution in [3.05, 3.63) is 63.9 Å². The lowest BCUT2D eigenvalue weighted by Crippen LogP contribution is -2.27. The first-order valence-corrected chi connectivity index (χ1v) is 14.3. The Balaban J connectivity index is 1.42. The molecule has 2 aliphatic rings. The van der Waals surface area contributed by atoms with Crippen LogP contribution in [-0.4, -0.2) is 42.3 Å². The molecular weight excluding hydrogens is 565 g/mol. The molecule has 210 valence electrons. The van der Waals surface area contributed by atoms with Gasteiger partial charge in [0, 0.05) is 10.6 Å². The summed E-state index contributed by atoms with van der Waals surface area (Å²) in [5.74, 6) is 0.302. The summed E-state index contributed by atoms with van der Waals surface area (Å²) in [5.41, 5.74) is 2.55. The molecule has 6 rings (SSSR count). The molecule has 2 aliphatic carbocycles. The molecule has 0 saturated heterocycles. The molecule has 0 amide bonds. The molecule has 11 heteroatoms. The van der Waals surface area contributed by atoms with Crippen LogP contribution < -0.4 is 9.47 Å². The van der Waals surface area contributed by atoms with Gasteiger partial charge in [-0.15, -0.1) is 0 Å². The number of benzene rings is 2. The molecule has 4 aromatic rings. The first kappa shape index (κ1) is 27.3. The number of aliphatic carboxylic acids is 1. The summed E-state index contributed by atoms with van der Waals surface area (Å²) < 4.78 is 14.4. The second-order valence-electron chi connectivity index (χ2n) is 10.9. The third-order valence-corrected chi connectivity index (χ3v) is 8.46. The van der Waals surface area contributed by atoms with Gasteiger partial charge in [0.1, 0.15) is 23.5 Å². The van der Waals surface area contributed by atoms with Crippen LogP contribution >= 0.6 is 23.2 Å². The number of carboxylic acids is 1. The van der Waals surface area contributed by atoms with E-state index in [1.54, 1.807) is 24.3 Å². The Morgan fingerprint density at radius 3 is 2.66 bits per heavy atom. The first-order valence-electron chi connectivity index (χ1n) is 13.5. The summed E-state index contributed by atoms with van der Waals surface area (Å²) in [6.07, 6.45) is 5.57. The normalized spacial score (nSPS) is 19.5. The lowest BCUT2D eigenvalue weighted by atomic mass is 9.87. The third kappa shape index (κ3) is 5.54. The van der Waals surface area contributed by atoms with Crippen LogP contribution in [0.5, 0.6) is 11.6 Å². The van der Waals surface area contributed by atoms with Crippen LogP contribution in [0.1, 0.15) is 56.6 Å². The maximum absolute atomic E-state index is 11.4. The molecule has 2 fully saturated rings. The number of nitrogens with zero attached hydrogens (tertiary/aromatic N) is 5. The lowest BCUT2D eigenvalue weighted by molar-refractivity contribution is -0.143. The van der Waals surface area contributed by atoms with Crippen molar-refractivity contribution >= 4 is 40.3 Å².